The standard InChI is InChI=1S/C15H21NO2/c1-11-7-9-13(10-8-11)18-15(17)14(16)12-5-3-2-4-6-12/h2-6,11,13-14H,7-10,16H2,1H3/t11?,13?,14-/m1/s1. The molecular weight excluding hydrogens is 226 g/mol. The number of carbonyl (C=O) groups excluding carboxylic acids is 1. The van der Waals surface area contributed by atoms with Crippen molar-refractivity contribution in [3.63, 3.8) is 0 Å². The van der Waals surface area contributed by atoms with Crippen molar-refractivity contribution >= 4 is 5.97 Å². The van der Waals surface area contributed by atoms with Gasteiger partial charge in [0, 0.05) is 0 Å². The maximum Gasteiger partial charge on any atom is 0.327 e. The minimum Gasteiger partial charge on any atom is -0.461 e. The predicted molar refractivity (Wildman–Crippen MR) is 70.9 cm³/mol. The van der Waals surface area contributed by atoms with E-state index < -0.39 is 6.04 Å². The van der Waals surface area contributed by atoms with Crippen molar-refractivity contribution in [3.8, 4) is 0 Å². The first-order valence-corrected chi connectivity index (χ1v) is 6.68. The third-order valence-electron chi connectivity index (χ3n) is 3.66. The summed E-state index contributed by atoms with van der Waals surface area (Å²) in [7, 11) is 0. The van der Waals surface area contributed by atoms with Gasteiger partial charge >= 0.3 is 5.97 Å². The zero-order chi connectivity index (χ0) is 13.0. The number of hydrogen-bond acceptors (Lipinski definition) is 3. The Bertz CT molecular complexity index is 383. The number of hydrogen-bond donors (Lipinski definition) is 1. The fourth-order valence-electron chi connectivity index (χ4n) is 2.38. The number of ether oxygens (including phenoxy) is 1. The smallest absolute Gasteiger partial charge is 0.327 e. The molecule has 3 heteroatoms. The highest BCUT2D eigenvalue weighted by atomic mass is 16.5. The van der Waals surface area contributed by atoms with Gasteiger partial charge in [0.1, 0.15) is 12.1 Å². The molecular formula is C15H21NO2. The molecule has 98 valence electrons. The Morgan fingerprint density at radius 3 is 2.44 bits per heavy atom. The summed E-state index contributed by atoms with van der Waals surface area (Å²) < 4.78 is 5.49. The summed E-state index contributed by atoms with van der Waals surface area (Å²) in [6, 6.07) is 8.72. The molecule has 0 heterocycles. The summed E-state index contributed by atoms with van der Waals surface area (Å²) in [6.45, 7) is 2.24. The second-order valence-corrected chi connectivity index (χ2v) is 5.21. The lowest BCUT2D eigenvalue weighted by atomic mass is 9.89. The zero-order valence-corrected chi connectivity index (χ0v) is 10.8. The van der Waals surface area contributed by atoms with E-state index in [-0.39, 0.29) is 12.1 Å². The van der Waals surface area contributed by atoms with Gasteiger partial charge in [-0.2, -0.15) is 0 Å². The van der Waals surface area contributed by atoms with Gasteiger partial charge in [-0.05, 0) is 37.2 Å². The molecule has 1 aliphatic rings. The van der Waals surface area contributed by atoms with Crippen LogP contribution in [0.15, 0.2) is 30.3 Å². The molecule has 18 heavy (non-hydrogen) atoms. The number of benzene rings is 1. The van der Waals surface area contributed by atoms with Crippen molar-refractivity contribution in [3.05, 3.63) is 35.9 Å². The molecule has 1 saturated carbocycles. The Labute approximate surface area is 108 Å². The molecule has 2 rings (SSSR count). The summed E-state index contributed by atoms with van der Waals surface area (Å²) in [5, 5.41) is 0. The van der Waals surface area contributed by atoms with Crippen LogP contribution in [0.1, 0.15) is 44.2 Å². The van der Waals surface area contributed by atoms with Crippen LogP contribution in [-0.2, 0) is 9.53 Å². The van der Waals surface area contributed by atoms with E-state index in [0.29, 0.717) is 0 Å². The first-order valence-electron chi connectivity index (χ1n) is 6.68. The van der Waals surface area contributed by atoms with Crippen LogP contribution in [0.2, 0.25) is 0 Å². The van der Waals surface area contributed by atoms with Gasteiger partial charge in [-0.1, -0.05) is 37.3 Å². The van der Waals surface area contributed by atoms with Crippen LogP contribution in [0.3, 0.4) is 0 Å². The molecule has 0 unspecified atom stereocenters. The van der Waals surface area contributed by atoms with E-state index in [1.165, 1.54) is 0 Å². The maximum atomic E-state index is 11.9. The molecule has 1 atom stereocenters. The average molecular weight is 247 g/mol. The minimum absolute atomic E-state index is 0.0588. The van der Waals surface area contributed by atoms with Crippen molar-refractivity contribution in [2.24, 2.45) is 11.7 Å². The van der Waals surface area contributed by atoms with Gasteiger partial charge in [-0.15, -0.1) is 0 Å². The molecule has 2 N–H and O–H groups in total. The number of nitrogens with two attached hydrogens (primary N) is 1. The van der Waals surface area contributed by atoms with Crippen LogP contribution in [0, 0.1) is 5.92 Å². The van der Waals surface area contributed by atoms with Gasteiger partial charge in [-0.25, -0.2) is 4.79 Å². The van der Waals surface area contributed by atoms with Crippen molar-refractivity contribution in [1.82, 2.24) is 0 Å². The average Bonchev–Trinajstić information content (AvgIpc) is 2.41. The monoisotopic (exact) mass is 247 g/mol. The minimum atomic E-state index is -0.662. The van der Waals surface area contributed by atoms with E-state index in [4.69, 9.17) is 10.5 Å². The van der Waals surface area contributed by atoms with E-state index in [9.17, 15) is 4.79 Å². The van der Waals surface area contributed by atoms with Crippen LogP contribution in [0.5, 0.6) is 0 Å². The summed E-state index contributed by atoms with van der Waals surface area (Å²) in [6.07, 6.45) is 4.27. The molecule has 1 aromatic carbocycles. The van der Waals surface area contributed by atoms with E-state index in [1.54, 1.807) is 0 Å². The molecule has 0 aromatic heterocycles. The third kappa shape index (κ3) is 3.33. The molecule has 1 aliphatic carbocycles. The first kappa shape index (κ1) is 13.1. The number of rotatable bonds is 3. The highest BCUT2D eigenvalue weighted by molar-refractivity contribution is 5.77. The Morgan fingerprint density at radius 1 is 1.22 bits per heavy atom. The lowest BCUT2D eigenvalue weighted by molar-refractivity contribution is -0.152. The second kappa shape index (κ2) is 6.01. The zero-order valence-electron chi connectivity index (χ0n) is 10.8. The van der Waals surface area contributed by atoms with Crippen molar-refractivity contribution < 1.29 is 9.53 Å². The van der Waals surface area contributed by atoms with Gasteiger partial charge in [0.05, 0.1) is 0 Å². The molecule has 3 nitrogen and oxygen atoms in total. The summed E-state index contributed by atoms with van der Waals surface area (Å²) in [5.74, 6) is 0.448. The lowest BCUT2D eigenvalue weighted by Gasteiger charge is -2.27. The van der Waals surface area contributed by atoms with Crippen molar-refractivity contribution in [2.75, 3.05) is 0 Å². The Balaban J connectivity index is 1.88. The van der Waals surface area contributed by atoms with Gasteiger partial charge in [0.25, 0.3) is 0 Å². The van der Waals surface area contributed by atoms with Gasteiger partial charge in [-0.3, -0.25) is 0 Å². The Morgan fingerprint density at radius 2 is 1.83 bits per heavy atom. The maximum absolute atomic E-state index is 11.9. The fourth-order valence-corrected chi connectivity index (χ4v) is 2.38. The molecule has 0 spiro atoms. The van der Waals surface area contributed by atoms with E-state index in [1.807, 2.05) is 30.3 Å². The molecule has 1 aromatic rings. The van der Waals surface area contributed by atoms with E-state index in [2.05, 4.69) is 6.92 Å². The van der Waals surface area contributed by atoms with E-state index >= 15 is 0 Å². The Hall–Kier alpha value is -1.35. The second-order valence-electron chi connectivity index (χ2n) is 5.21. The van der Waals surface area contributed by atoms with Crippen molar-refractivity contribution in [1.29, 1.82) is 0 Å². The highest BCUT2D eigenvalue weighted by Gasteiger charge is 2.24. The molecule has 0 saturated heterocycles. The molecule has 0 aliphatic heterocycles. The normalized spacial score (nSPS) is 25.4. The highest BCUT2D eigenvalue weighted by Crippen LogP contribution is 2.26. The topological polar surface area (TPSA) is 52.3 Å². The summed E-state index contributed by atoms with van der Waals surface area (Å²) in [5.41, 5.74) is 6.72. The first-order chi connectivity index (χ1) is 8.66. The summed E-state index contributed by atoms with van der Waals surface area (Å²) in [4.78, 5) is 11.9. The lowest BCUT2D eigenvalue weighted by Crippen LogP contribution is -2.30. The Kier molecular flexibility index (Phi) is 4.37. The van der Waals surface area contributed by atoms with E-state index in [0.717, 1.165) is 37.2 Å². The quantitative estimate of drug-likeness (QED) is 0.836. The van der Waals surface area contributed by atoms with Gasteiger partial charge in [0.15, 0.2) is 0 Å². The molecule has 0 bridgehead atoms. The summed E-state index contributed by atoms with van der Waals surface area (Å²) >= 11 is 0. The predicted octanol–water partition coefficient (Wildman–Crippen LogP) is 2.81. The SMILES string of the molecule is CC1CCC(OC(=O)[C@H](N)c2ccccc2)CC1. The van der Waals surface area contributed by atoms with Crippen LogP contribution >= 0.6 is 0 Å². The van der Waals surface area contributed by atoms with Crippen molar-refractivity contribution in [2.45, 2.75) is 44.8 Å². The third-order valence-corrected chi connectivity index (χ3v) is 3.66. The van der Waals surface area contributed by atoms with Crippen LogP contribution in [0.25, 0.3) is 0 Å². The van der Waals surface area contributed by atoms with Crippen LogP contribution in [0.4, 0.5) is 0 Å². The largest absolute Gasteiger partial charge is 0.461 e. The van der Waals surface area contributed by atoms with Gasteiger partial charge in [0.2, 0.25) is 0 Å². The van der Waals surface area contributed by atoms with Crippen LogP contribution < -0.4 is 5.73 Å². The molecule has 0 radical (unpaired) electrons. The fraction of sp³-hybridized carbons (Fsp3) is 0.533. The van der Waals surface area contributed by atoms with Crippen LogP contribution in [-0.4, -0.2) is 12.1 Å². The molecule has 0 amide bonds. The number of esters is 1. The van der Waals surface area contributed by atoms with Gasteiger partial charge < -0.3 is 10.5 Å². The number of carbonyl (C=O) groups is 1. The molecule has 1 fully saturated rings.